The number of carbonyl (C=O) groups excluding carboxylic acids is 2. The van der Waals surface area contributed by atoms with Gasteiger partial charge in [-0.05, 0) is 51.4 Å². The average molecular weight is 806 g/mol. The lowest BCUT2D eigenvalue weighted by Crippen LogP contribution is -2.46. The molecule has 57 heavy (non-hydrogen) atoms. The molecule has 0 saturated heterocycles. The Balaban J connectivity index is 4.55. The second-order valence-electron chi connectivity index (χ2n) is 17.6. The molecular formula is C51H99NO5. The fourth-order valence-corrected chi connectivity index (χ4v) is 7.96. The highest BCUT2D eigenvalue weighted by Crippen LogP contribution is 2.18. The predicted molar refractivity (Wildman–Crippen MR) is 246 cm³/mol. The Morgan fingerprint density at radius 2 is 0.842 bits per heavy atom. The van der Waals surface area contributed by atoms with Gasteiger partial charge >= 0.3 is 5.97 Å². The number of esters is 1. The van der Waals surface area contributed by atoms with E-state index in [2.05, 4.69) is 38.2 Å². The van der Waals surface area contributed by atoms with E-state index in [0.29, 0.717) is 19.3 Å². The Hall–Kier alpha value is -1.40. The zero-order valence-electron chi connectivity index (χ0n) is 38.5. The summed E-state index contributed by atoms with van der Waals surface area (Å²) in [7, 11) is 0. The number of hydrogen-bond donors (Lipinski definition) is 3. The maximum atomic E-state index is 13.2. The lowest BCUT2D eigenvalue weighted by atomic mass is 10.0. The third-order valence-corrected chi connectivity index (χ3v) is 11.8. The van der Waals surface area contributed by atoms with Crippen LogP contribution in [0.2, 0.25) is 0 Å². The number of allylic oxidation sites excluding steroid dienone is 2. The molecule has 0 fully saturated rings. The monoisotopic (exact) mass is 806 g/mol. The highest BCUT2D eigenvalue weighted by atomic mass is 16.5. The molecule has 1 amide bonds. The van der Waals surface area contributed by atoms with Crippen molar-refractivity contribution in [2.75, 3.05) is 6.61 Å². The third kappa shape index (κ3) is 41.1. The molecule has 0 rings (SSSR count). The van der Waals surface area contributed by atoms with Crippen molar-refractivity contribution in [3.8, 4) is 0 Å². The Kier molecular flexibility index (Phi) is 44.6. The number of aliphatic hydroxyl groups is 2. The maximum Gasteiger partial charge on any atom is 0.306 e. The molecule has 6 nitrogen and oxygen atoms in total. The predicted octanol–water partition coefficient (Wildman–Crippen LogP) is 15.0. The van der Waals surface area contributed by atoms with Crippen molar-refractivity contribution < 1.29 is 24.5 Å². The van der Waals surface area contributed by atoms with Gasteiger partial charge in [-0.1, -0.05) is 226 Å². The molecule has 0 heterocycles. The summed E-state index contributed by atoms with van der Waals surface area (Å²) in [5.41, 5.74) is 0. The number of hydrogen-bond acceptors (Lipinski definition) is 5. The molecule has 3 N–H and O–H groups in total. The molecule has 0 aromatic carbocycles. The molecule has 3 unspecified atom stereocenters. The van der Waals surface area contributed by atoms with Gasteiger partial charge in [-0.25, -0.2) is 0 Å². The fourth-order valence-electron chi connectivity index (χ4n) is 7.96. The first-order valence-corrected chi connectivity index (χ1v) is 25.4. The number of unbranched alkanes of at least 4 members (excludes halogenated alkanes) is 32. The second kappa shape index (κ2) is 45.7. The summed E-state index contributed by atoms with van der Waals surface area (Å²) in [5, 5.41) is 23.7. The van der Waals surface area contributed by atoms with Crippen molar-refractivity contribution in [2.24, 2.45) is 0 Å². The van der Waals surface area contributed by atoms with Crippen LogP contribution in [0, 0.1) is 0 Å². The Morgan fingerprint density at radius 1 is 0.491 bits per heavy atom. The van der Waals surface area contributed by atoms with Crippen LogP contribution in [0.4, 0.5) is 0 Å². The smallest absolute Gasteiger partial charge is 0.306 e. The standard InChI is InChI=1S/C51H99NO5/c1-4-7-10-13-16-19-22-24-25-26-28-30-33-36-39-42-47(57-51(56)44-41-38-35-32-29-23-20-17-14-11-8-5-2)45-50(55)52-48(46-53)49(54)43-40-37-34-31-27-21-18-15-12-9-6-3/h17,20,47-49,53-54H,4-16,18-19,21-46H2,1-3H3,(H,52,55)/b20-17-. The van der Waals surface area contributed by atoms with Gasteiger partial charge in [-0.3, -0.25) is 9.59 Å². The van der Waals surface area contributed by atoms with Crippen molar-refractivity contribution in [3.63, 3.8) is 0 Å². The van der Waals surface area contributed by atoms with Crippen LogP contribution in [-0.4, -0.2) is 46.9 Å². The van der Waals surface area contributed by atoms with Gasteiger partial charge in [0.25, 0.3) is 0 Å². The quantitative estimate of drug-likeness (QED) is 0.0323. The highest BCUT2D eigenvalue weighted by Gasteiger charge is 2.24. The molecule has 0 aromatic rings. The normalized spacial score (nSPS) is 13.3. The van der Waals surface area contributed by atoms with E-state index in [-0.39, 0.29) is 24.9 Å². The topological polar surface area (TPSA) is 95.9 Å². The Morgan fingerprint density at radius 3 is 1.28 bits per heavy atom. The number of amides is 1. The van der Waals surface area contributed by atoms with Crippen LogP contribution in [-0.2, 0) is 14.3 Å². The average Bonchev–Trinajstić information content (AvgIpc) is 3.20. The summed E-state index contributed by atoms with van der Waals surface area (Å²) in [5.74, 6) is -0.468. The molecule has 3 atom stereocenters. The van der Waals surface area contributed by atoms with Gasteiger partial charge in [0, 0.05) is 6.42 Å². The lowest BCUT2D eigenvalue weighted by molar-refractivity contribution is -0.151. The number of carbonyl (C=O) groups is 2. The van der Waals surface area contributed by atoms with E-state index in [0.717, 1.165) is 51.4 Å². The molecule has 0 bridgehead atoms. The van der Waals surface area contributed by atoms with Gasteiger partial charge in [0.1, 0.15) is 6.10 Å². The number of ether oxygens (including phenoxy) is 1. The minimum absolute atomic E-state index is 0.0813. The van der Waals surface area contributed by atoms with E-state index < -0.39 is 18.2 Å². The molecule has 0 aliphatic heterocycles. The zero-order valence-corrected chi connectivity index (χ0v) is 38.5. The maximum absolute atomic E-state index is 13.2. The Labute approximate surface area is 355 Å². The van der Waals surface area contributed by atoms with Gasteiger partial charge in [0.2, 0.25) is 5.91 Å². The van der Waals surface area contributed by atoms with E-state index >= 15 is 0 Å². The van der Waals surface area contributed by atoms with Crippen LogP contribution >= 0.6 is 0 Å². The molecule has 0 aliphatic carbocycles. The van der Waals surface area contributed by atoms with Gasteiger partial charge in [0.15, 0.2) is 0 Å². The molecule has 6 heteroatoms. The summed E-state index contributed by atoms with van der Waals surface area (Å²) in [6.45, 7) is 6.47. The van der Waals surface area contributed by atoms with Crippen molar-refractivity contribution in [3.05, 3.63) is 12.2 Å². The minimum Gasteiger partial charge on any atom is -0.462 e. The van der Waals surface area contributed by atoms with E-state index in [1.807, 2.05) is 0 Å². The van der Waals surface area contributed by atoms with E-state index in [9.17, 15) is 19.8 Å². The highest BCUT2D eigenvalue weighted by molar-refractivity contribution is 5.77. The summed E-state index contributed by atoms with van der Waals surface area (Å²) in [4.78, 5) is 26.1. The SMILES string of the molecule is CCCCC/C=C\CCCCCCCC(=O)OC(CCCCCCCCCCCCCCCCC)CC(=O)NC(CO)C(O)CCCCCCCCCCCCC. The third-order valence-electron chi connectivity index (χ3n) is 11.8. The van der Waals surface area contributed by atoms with Crippen LogP contribution < -0.4 is 5.32 Å². The van der Waals surface area contributed by atoms with Crippen molar-refractivity contribution >= 4 is 11.9 Å². The molecule has 0 radical (unpaired) electrons. The summed E-state index contributed by atoms with van der Waals surface area (Å²) >= 11 is 0. The Bertz CT molecular complexity index is 863. The van der Waals surface area contributed by atoms with Crippen LogP contribution in [0.1, 0.15) is 278 Å². The van der Waals surface area contributed by atoms with Gasteiger partial charge in [-0.15, -0.1) is 0 Å². The van der Waals surface area contributed by atoms with Gasteiger partial charge < -0.3 is 20.3 Å². The van der Waals surface area contributed by atoms with E-state index in [1.54, 1.807) is 0 Å². The van der Waals surface area contributed by atoms with Gasteiger partial charge in [-0.2, -0.15) is 0 Å². The minimum atomic E-state index is -0.782. The molecule has 338 valence electrons. The van der Waals surface area contributed by atoms with Gasteiger partial charge in [0.05, 0.1) is 25.2 Å². The lowest BCUT2D eigenvalue weighted by Gasteiger charge is -2.24. The first-order valence-electron chi connectivity index (χ1n) is 25.4. The fraction of sp³-hybridized carbons (Fsp3) is 0.922. The number of nitrogens with one attached hydrogen (secondary N) is 1. The molecule has 0 aliphatic rings. The van der Waals surface area contributed by atoms with E-state index in [4.69, 9.17) is 4.74 Å². The van der Waals surface area contributed by atoms with Crippen LogP contribution in [0.5, 0.6) is 0 Å². The summed E-state index contributed by atoms with van der Waals surface area (Å²) in [6, 6.07) is -0.695. The first kappa shape index (κ1) is 55.6. The molecular weight excluding hydrogens is 707 g/mol. The first-order chi connectivity index (χ1) is 28.0. The second-order valence-corrected chi connectivity index (χ2v) is 17.6. The van der Waals surface area contributed by atoms with Crippen molar-refractivity contribution in [1.82, 2.24) is 5.32 Å². The van der Waals surface area contributed by atoms with Crippen molar-refractivity contribution in [2.45, 2.75) is 296 Å². The summed E-state index contributed by atoms with van der Waals surface area (Å²) in [6.07, 6.45) is 49.8. The van der Waals surface area contributed by atoms with Crippen LogP contribution in [0.15, 0.2) is 12.2 Å². The van der Waals surface area contributed by atoms with Crippen LogP contribution in [0.25, 0.3) is 0 Å². The van der Waals surface area contributed by atoms with E-state index in [1.165, 1.54) is 180 Å². The number of rotatable bonds is 46. The molecule has 0 spiro atoms. The summed E-state index contributed by atoms with van der Waals surface area (Å²) < 4.78 is 5.93. The number of aliphatic hydroxyl groups excluding tert-OH is 2. The van der Waals surface area contributed by atoms with Crippen LogP contribution in [0.3, 0.4) is 0 Å². The zero-order chi connectivity index (χ0) is 41.7. The van der Waals surface area contributed by atoms with Crippen molar-refractivity contribution in [1.29, 1.82) is 0 Å². The molecule has 0 aromatic heterocycles. The molecule has 0 saturated carbocycles. The largest absolute Gasteiger partial charge is 0.462 e.